The summed E-state index contributed by atoms with van der Waals surface area (Å²) in [6.45, 7) is 6.44. The van der Waals surface area contributed by atoms with Crippen LogP contribution in [0.4, 0.5) is 5.82 Å². The molecule has 0 unspecified atom stereocenters. The van der Waals surface area contributed by atoms with E-state index in [0.717, 1.165) is 38.4 Å². The van der Waals surface area contributed by atoms with Crippen molar-refractivity contribution < 1.29 is 9.30 Å². The lowest BCUT2D eigenvalue weighted by Gasteiger charge is -2.26. The molecule has 8 nitrogen and oxygen atoms in total. The molecule has 0 spiro atoms. The number of aryl methyl sites for hydroxylation is 1. The van der Waals surface area contributed by atoms with Gasteiger partial charge in [-0.05, 0) is 19.1 Å². The summed E-state index contributed by atoms with van der Waals surface area (Å²) in [5.41, 5.74) is 14.7. The molecule has 0 aromatic carbocycles. The van der Waals surface area contributed by atoms with Crippen LogP contribution in [0.3, 0.4) is 0 Å². The van der Waals surface area contributed by atoms with Gasteiger partial charge in [0, 0.05) is 31.4 Å². The van der Waals surface area contributed by atoms with E-state index in [1.54, 1.807) is 16.7 Å². The van der Waals surface area contributed by atoms with Gasteiger partial charge in [0.1, 0.15) is 10.4 Å². The molecule has 28 heavy (non-hydrogen) atoms. The SMILES string of the molecule is Cc1cccn2c(=O)c3cc(C(N)=S)c(N)[n+](CCN4CCOCC4)c3nc12. The highest BCUT2D eigenvalue weighted by Gasteiger charge is 2.23. The van der Waals surface area contributed by atoms with Gasteiger partial charge in [-0.15, -0.1) is 0 Å². The molecule has 3 aromatic heterocycles. The van der Waals surface area contributed by atoms with Crippen LogP contribution in [0.25, 0.3) is 16.7 Å². The molecule has 0 saturated carbocycles. The fourth-order valence-corrected chi connectivity index (χ4v) is 3.76. The average molecular weight is 400 g/mol. The summed E-state index contributed by atoms with van der Waals surface area (Å²) >= 11 is 5.17. The summed E-state index contributed by atoms with van der Waals surface area (Å²) in [5.74, 6) is 0.429. The maximum absolute atomic E-state index is 13.1. The highest BCUT2D eigenvalue weighted by Crippen LogP contribution is 2.15. The van der Waals surface area contributed by atoms with Crippen LogP contribution in [-0.4, -0.2) is 52.1 Å². The summed E-state index contributed by atoms with van der Waals surface area (Å²) in [5, 5.41) is 0.446. The van der Waals surface area contributed by atoms with Crippen LogP contribution < -0.4 is 21.6 Å². The minimum atomic E-state index is -0.165. The second kappa shape index (κ2) is 7.42. The van der Waals surface area contributed by atoms with E-state index in [9.17, 15) is 4.79 Å². The van der Waals surface area contributed by atoms with Gasteiger partial charge in [0.2, 0.25) is 11.5 Å². The van der Waals surface area contributed by atoms with Crippen molar-refractivity contribution in [1.29, 1.82) is 0 Å². The Labute approximate surface area is 167 Å². The minimum Gasteiger partial charge on any atom is -0.389 e. The first-order valence-electron chi connectivity index (χ1n) is 9.21. The summed E-state index contributed by atoms with van der Waals surface area (Å²) in [6, 6.07) is 5.41. The van der Waals surface area contributed by atoms with E-state index in [4.69, 9.17) is 33.4 Å². The van der Waals surface area contributed by atoms with Gasteiger partial charge in [0.25, 0.3) is 11.2 Å². The topological polar surface area (TPSA) is 103 Å². The first-order valence-corrected chi connectivity index (χ1v) is 9.62. The van der Waals surface area contributed by atoms with Gasteiger partial charge in [-0.1, -0.05) is 23.3 Å². The standard InChI is InChI=1S/C19H22N6O2S/c1-12-3-2-4-25-17(12)22-18-14(19(25)26)11-13(16(21)28)15(20)24(18)6-5-23-7-9-27-10-8-23/h2-4,11,20H,5-10H2,1H3,(H2,21,28)/p+1. The van der Waals surface area contributed by atoms with Gasteiger partial charge < -0.3 is 16.2 Å². The fraction of sp³-hybridized carbons (Fsp3) is 0.368. The third kappa shape index (κ3) is 3.21. The Balaban J connectivity index is 1.92. The predicted molar refractivity (Wildman–Crippen MR) is 111 cm³/mol. The molecule has 9 heteroatoms. The highest BCUT2D eigenvalue weighted by atomic mass is 32.1. The number of ether oxygens (including phenoxy) is 1. The molecule has 1 aliphatic heterocycles. The van der Waals surface area contributed by atoms with Crippen LogP contribution in [0.5, 0.6) is 0 Å². The Hall–Kier alpha value is -2.62. The van der Waals surface area contributed by atoms with Crippen LogP contribution in [0.15, 0.2) is 29.2 Å². The van der Waals surface area contributed by atoms with Crippen LogP contribution >= 0.6 is 12.2 Å². The number of nitrogen functional groups attached to an aromatic ring is 1. The van der Waals surface area contributed by atoms with Crippen molar-refractivity contribution in [3.8, 4) is 0 Å². The number of anilines is 1. The molecule has 4 heterocycles. The van der Waals surface area contributed by atoms with Gasteiger partial charge in [0.05, 0.1) is 25.3 Å². The van der Waals surface area contributed by atoms with E-state index in [1.165, 1.54) is 0 Å². The third-order valence-electron chi connectivity index (χ3n) is 5.18. The largest absolute Gasteiger partial charge is 0.389 e. The van der Waals surface area contributed by atoms with Gasteiger partial charge in [0.15, 0.2) is 0 Å². The average Bonchev–Trinajstić information content (AvgIpc) is 2.68. The number of pyridine rings is 2. The van der Waals surface area contributed by atoms with E-state index >= 15 is 0 Å². The summed E-state index contributed by atoms with van der Waals surface area (Å²) in [4.78, 5) is 20.4. The maximum atomic E-state index is 13.1. The van der Waals surface area contributed by atoms with Gasteiger partial charge >= 0.3 is 0 Å². The zero-order chi connectivity index (χ0) is 19.8. The second-order valence-electron chi connectivity index (χ2n) is 6.95. The molecular formula is C19H23N6O2S+. The molecule has 3 aromatic rings. The van der Waals surface area contributed by atoms with Crippen molar-refractivity contribution in [1.82, 2.24) is 14.3 Å². The molecule has 4 N–H and O–H groups in total. The molecule has 0 amide bonds. The number of thiocarbonyl (C=S) groups is 1. The van der Waals surface area contributed by atoms with Crippen molar-refractivity contribution in [2.45, 2.75) is 13.5 Å². The molecule has 0 atom stereocenters. The van der Waals surface area contributed by atoms with Crippen LogP contribution in [0.1, 0.15) is 11.1 Å². The Morgan fingerprint density at radius 3 is 2.86 bits per heavy atom. The number of fused-ring (bicyclic) bond motifs is 2. The molecule has 1 saturated heterocycles. The van der Waals surface area contributed by atoms with E-state index in [-0.39, 0.29) is 10.5 Å². The quantitative estimate of drug-likeness (QED) is 0.361. The van der Waals surface area contributed by atoms with Crippen molar-refractivity contribution in [2.24, 2.45) is 5.73 Å². The zero-order valence-corrected chi connectivity index (χ0v) is 16.5. The van der Waals surface area contributed by atoms with Crippen LogP contribution in [0, 0.1) is 6.92 Å². The monoisotopic (exact) mass is 399 g/mol. The highest BCUT2D eigenvalue weighted by molar-refractivity contribution is 7.80. The Bertz CT molecular complexity index is 1140. The lowest BCUT2D eigenvalue weighted by molar-refractivity contribution is -0.658. The number of hydrogen-bond donors (Lipinski definition) is 2. The number of nitrogens with two attached hydrogens (primary N) is 2. The first-order chi connectivity index (χ1) is 13.5. The van der Waals surface area contributed by atoms with E-state index in [0.29, 0.717) is 34.6 Å². The summed E-state index contributed by atoms with van der Waals surface area (Å²) in [7, 11) is 0. The summed E-state index contributed by atoms with van der Waals surface area (Å²) < 4.78 is 8.81. The molecule has 0 radical (unpaired) electrons. The lowest BCUT2D eigenvalue weighted by Crippen LogP contribution is -2.48. The fourth-order valence-electron chi connectivity index (χ4n) is 3.60. The van der Waals surface area contributed by atoms with E-state index < -0.39 is 0 Å². The molecule has 4 rings (SSSR count). The number of aromatic nitrogens is 3. The molecule has 1 aliphatic rings. The van der Waals surface area contributed by atoms with Crippen molar-refractivity contribution in [3.63, 3.8) is 0 Å². The first kappa shape index (κ1) is 18.7. The van der Waals surface area contributed by atoms with E-state index in [2.05, 4.69) is 4.90 Å². The number of hydrogen-bond acceptors (Lipinski definition) is 6. The van der Waals surface area contributed by atoms with E-state index in [1.807, 2.05) is 23.6 Å². The van der Waals surface area contributed by atoms with Gasteiger partial charge in [-0.3, -0.25) is 14.1 Å². The molecule has 0 bridgehead atoms. The molecule has 146 valence electrons. The maximum Gasteiger partial charge on any atom is 0.278 e. The summed E-state index contributed by atoms with van der Waals surface area (Å²) in [6.07, 6.45) is 1.71. The molecule has 1 fully saturated rings. The van der Waals surface area contributed by atoms with Crippen molar-refractivity contribution >= 4 is 39.7 Å². The van der Waals surface area contributed by atoms with Crippen molar-refractivity contribution in [3.05, 3.63) is 45.9 Å². The number of nitrogens with zero attached hydrogens (tertiary/aromatic N) is 4. The number of morpholine rings is 1. The van der Waals surface area contributed by atoms with Gasteiger partial charge in [-0.25, -0.2) is 4.57 Å². The Morgan fingerprint density at radius 2 is 2.14 bits per heavy atom. The predicted octanol–water partition coefficient (Wildman–Crippen LogP) is -0.00778. The lowest BCUT2D eigenvalue weighted by atomic mass is 10.2. The smallest absolute Gasteiger partial charge is 0.278 e. The zero-order valence-electron chi connectivity index (χ0n) is 15.7. The third-order valence-corrected chi connectivity index (χ3v) is 5.40. The Kier molecular flexibility index (Phi) is 4.96. The second-order valence-corrected chi connectivity index (χ2v) is 7.39. The van der Waals surface area contributed by atoms with Gasteiger partial charge in [-0.2, -0.15) is 0 Å². The Morgan fingerprint density at radius 1 is 1.39 bits per heavy atom. The normalized spacial score (nSPS) is 15.3. The minimum absolute atomic E-state index is 0.160. The van der Waals surface area contributed by atoms with Crippen molar-refractivity contribution in [2.75, 3.05) is 38.6 Å². The van der Waals surface area contributed by atoms with Crippen LogP contribution in [0.2, 0.25) is 0 Å². The molecule has 0 aliphatic carbocycles. The number of rotatable bonds is 4. The molecular weight excluding hydrogens is 376 g/mol. The van der Waals surface area contributed by atoms with Crippen LogP contribution in [-0.2, 0) is 11.3 Å².